The average molecular weight is 258 g/mol. The Kier molecular flexibility index (Phi) is 6.72. The van der Waals surface area contributed by atoms with Crippen molar-refractivity contribution in [3.63, 3.8) is 0 Å². The highest BCUT2D eigenvalue weighted by atomic mass is 32.2. The Hall–Kier alpha value is -1.17. The fourth-order valence-corrected chi connectivity index (χ4v) is 1.43. The van der Waals surface area contributed by atoms with Gasteiger partial charge in [-0.15, -0.1) is 6.58 Å². The standard InChI is InChI=1S/C7H8O3S.C5H10O/c1-6-2-4-7(5-3-6)11(8,9)10;1-3-4-5(2)6/h2-5H,1H3,(H,8,9,10);3,5-6H,1,4H2,2H3. The van der Waals surface area contributed by atoms with Crippen LogP contribution in [0.4, 0.5) is 0 Å². The number of aliphatic hydroxyl groups excluding tert-OH is 1. The average Bonchev–Trinajstić information content (AvgIpc) is 2.17. The largest absolute Gasteiger partial charge is 0.393 e. The van der Waals surface area contributed by atoms with E-state index in [4.69, 9.17) is 9.66 Å². The Morgan fingerprint density at radius 3 is 2.06 bits per heavy atom. The molecule has 0 bridgehead atoms. The molecule has 0 fully saturated rings. The number of benzene rings is 1. The zero-order valence-corrected chi connectivity index (χ0v) is 10.8. The summed E-state index contributed by atoms with van der Waals surface area (Å²) in [6, 6.07) is 5.99. The van der Waals surface area contributed by atoms with E-state index in [0.717, 1.165) is 5.56 Å². The summed E-state index contributed by atoms with van der Waals surface area (Å²) in [7, 11) is -4.02. The highest BCUT2D eigenvalue weighted by Crippen LogP contribution is 2.08. The summed E-state index contributed by atoms with van der Waals surface area (Å²) in [5.74, 6) is 0. The first-order chi connectivity index (χ1) is 7.77. The van der Waals surface area contributed by atoms with Crippen molar-refractivity contribution in [3.8, 4) is 0 Å². The number of aryl methyl sites for hydroxylation is 1. The van der Waals surface area contributed by atoms with E-state index >= 15 is 0 Å². The SMILES string of the molecule is C=CCC(C)O.Cc1ccc(S(=O)(=O)O)cc1. The lowest BCUT2D eigenvalue weighted by atomic mass is 10.2. The van der Waals surface area contributed by atoms with Crippen LogP contribution in [0.5, 0.6) is 0 Å². The predicted molar refractivity (Wildman–Crippen MR) is 67.5 cm³/mol. The van der Waals surface area contributed by atoms with E-state index in [1.54, 1.807) is 25.1 Å². The molecule has 0 saturated heterocycles. The van der Waals surface area contributed by atoms with Crippen LogP contribution in [0, 0.1) is 6.92 Å². The molecular weight excluding hydrogens is 240 g/mol. The van der Waals surface area contributed by atoms with Crippen LogP contribution in [-0.2, 0) is 10.1 Å². The van der Waals surface area contributed by atoms with Crippen LogP contribution < -0.4 is 0 Å². The van der Waals surface area contributed by atoms with Crippen molar-refractivity contribution in [1.29, 1.82) is 0 Å². The summed E-state index contributed by atoms with van der Waals surface area (Å²) < 4.78 is 29.6. The second-order valence-corrected chi connectivity index (χ2v) is 5.08. The van der Waals surface area contributed by atoms with Gasteiger partial charge in [0.15, 0.2) is 0 Å². The van der Waals surface area contributed by atoms with Crippen molar-refractivity contribution < 1.29 is 18.1 Å². The quantitative estimate of drug-likeness (QED) is 0.643. The van der Waals surface area contributed by atoms with E-state index in [1.807, 2.05) is 6.92 Å². The molecule has 0 aliphatic carbocycles. The highest BCUT2D eigenvalue weighted by molar-refractivity contribution is 7.85. The van der Waals surface area contributed by atoms with E-state index in [-0.39, 0.29) is 11.0 Å². The van der Waals surface area contributed by atoms with Crippen LogP contribution in [0.25, 0.3) is 0 Å². The molecule has 0 amide bonds. The van der Waals surface area contributed by atoms with Crippen molar-refractivity contribution in [2.24, 2.45) is 0 Å². The maximum atomic E-state index is 10.5. The molecule has 1 atom stereocenters. The molecule has 0 spiro atoms. The third-order valence-electron chi connectivity index (χ3n) is 1.83. The zero-order chi connectivity index (χ0) is 13.5. The van der Waals surface area contributed by atoms with Crippen molar-refractivity contribution in [2.75, 3.05) is 0 Å². The number of aliphatic hydroxyl groups is 1. The minimum atomic E-state index is -4.02. The van der Waals surface area contributed by atoms with E-state index in [0.29, 0.717) is 6.42 Å². The molecule has 17 heavy (non-hydrogen) atoms. The molecule has 96 valence electrons. The first kappa shape index (κ1) is 15.8. The minimum absolute atomic E-state index is 0.0666. The Bertz CT molecular complexity index is 432. The van der Waals surface area contributed by atoms with Gasteiger partial charge in [0.2, 0.25) is 0 Å². The molecule has 2 N–H and O–H groups in total. The van der Waals surface area contributed by atoms with Gasteiger partial charge in [-0.2, -0.15) is 8.42 Å². The van der Waals surface area contributed by atoms with Gasteiger partial charge in [-0.1, -0.05) is 23.8 Å². The lowest BCUT2D eigenvalue weighted by Gasteiger charge is -1.95. The van der Waals surface area contributed by atoms with E-state index in [2.05, 4.69) is 6.58 Å². The Morgan fingerprint density at radius 1 is 1.35 bits per heavy atom. The number of rotatable bonds is 3. The van der Waals surface area contributed by atoms with E-state index in [1.165, 1.54) is 12.1 Å². The van der Waals surface area contributed by atoms with Crippen LogP contribution in [0.2, 0.25) is 0 Å². The number of hydrogen-bond acceptors (Lipinski definition) is 3. The van der Waals surface area contributed by atoms with Crippen LogP contribution in [0.1, 0.15) is 18.9 Å². The van der Waals surface area contributed by atoms with Crippen molar-refractivity contribution >= 4 is 10.1 Å². The van der Waals surface area contributed by atoms with Gasteiger partial charge < -0.3 is 5.11 Å². The van der Waals surface area contributed by atoms with Crippen LogP contribution >= 0.6 is 0 Å². The minimum Gasteiger partial charge on any atom is -0.393 e. The molecule has 1 unspecified atom stereocenters. The summed E-state index contributed by atoms with van der Waals surface area (Å²) in [4.78, 5) is -0.0666. The zero-order valence-electron chi connectivity index (χ0n) is 10.00. The third-order valence-corrected chi connectivity index (χ3v) is 2.69. The van der Waals surface area contributed by atoms with E-state index < -0.39 is 10.1 Å². The van der Waals surface area contributed by atoms with E-state index in [9.17, 15) is 8.42 Å². The first-order valence-corrected chi connectivity index (χ1v) is 6.54. The lowest BCUT2D eigenvalue weighted by Crippen LogP contribution is -1.96. The molecule has 1 aromatic carbocycles. The summed E-state index contributed by atoms with van der Waals surface area (Å²) in [6.45, 7) is 7.02. The summed E-state index contributed by atoms with van der Waals surface area (Å²) in [5.41, 5.74) is 0.956. The summed E-state index contributed by atoms with van der Waals surface area (Å²) in [5, 5.41) is 8.48. The molecule has 0 radical (unpaired) electrons. The molecule has 1 aromatic rings. The molecule has 1 rings (SSSR count). The first-order valence-electron chi connectivity index (χ1n) is 5.10. The molecule has 4 nitrogen and oxygen atoms in total. The van der Waals surface area contributed by atoms with Crippen LogP contribution in [0.3, 0.4) is 0 Å². The fraction of sp³-hybridized carbons (Fsp3) is 0.333. The molecule has 0 saturated carbocycles. The number of hydrogen-bond donors (Lipinski definition) is 2. The summed E-state index contributed by atoms with van der Waals surface area (Å²) >= 11 is 0. The van der Waals surface area contributed by atoms with Gasteiger partial charge in [0.05, 0.1) is 11.0 Å². The van der Waals surface area contributed by atoms with Gasteiger partial charge in [-0.3, -0.25) is 4.55 Å². The van der Waals surface area contributed by atoms with Gasteiger partial charge in [0, 0.05) is 0 Å². The maximum Gasteiger partial charge on any atom is 0.294 e. The predicted octanol–water partition coefficient (Wildman–Crippen LogP) is 2.19. The molecule has 0 heterocycles. The summed E-state index contributed by atoms with van der Waals surface area (Å²) in [6.07, 6.45) is 2.17. The van der Waals surface area contributed by atoms with Crippen molar-refractivity contribution in [1.82, 2.24) is 0 Å². The van der Waals surface area contributed by atoms with Crippen molar-refractivity contribution in [3.05, 3.63) is 42.5 Å². The molecule has 0 aliphatic heterocycles. The Balaban J connectivity index is 0.000000366. The van der Waals surface area contributed by atoms with Gasteiger partial charge in [0.25, 0.3) is 10.1 Å². The highest BCUT2D eigenvalue weighted by Gasteiger charge is 2.06. The third kappa shape index (κ3) is 7.68. The molecular formula is C12H18O4S. The smallest absolute Gasteiger partial charge is 0.294 e. The van der Waals surface area contributed by atoms with Crippen LogP contribution in [-0.4, -0.2) is 24.2 Å². The topological polar surface area (TPSA) is 74.6 Å². The Labute approximate surface area is 102 Å². The molecule has 0 aromatic heterocycles. The Morgan fingerprint density at radius 2 is 1.82 bits per heavy atom. The van der Waals surface area contributed by atoms with Gasteiger partial charge in [-0.25, -0.2) is 0 Å². The van der Waals surface area contributed by atoms with Crippen LogP contribution in [0.15, 0.2) is 41.8 Å². The second-order valence-electron chi connectivity index (χ2n) is 3.66. The monoisotopic (exact) mass is 258 g/mol. The van der Waals surface area contributed by atoms with Gasteiger partial charge >= 0.3 is 0 Å². The van der Waals surface area contributed by atoms with Gasteiger partial charge in [0.1, 0.15) is 0 Å². The molecule has 5 heteroatoms. The normalized spacial score (nSPS) is 12.2. The van der Waals surface area contributed by atoms with Crippen molar-refractivity contribution in [2.45, 2.75) is 31.3 Å². The second kappa shape index (κ2) is 7.21. The van der Waals surface area contributed by atoms with Gasteiger partial charge in [-0.05, 0) is 32.4 Å². The molecule has 0 aliphatic rings. The fourth-order valence-electron chi connectivity index (χ4n) is 0.951. The maximum absolute atomic E-state index is 10.5. The lowest BCUT2D eigenvalue weighted by molar-refractivity contribution is 0.198.